The summed E-state index contributed by atoms with van der Waals surface area (Å²) in [5, 5.41) is 3.07. The van der Waals surface area contributed by atoms with E-state index in [1.807, 2.05) is 37.3 Å². The van der Waals surface area contributed by atoms with Crippen LogP contribution in [-0.4, -0.2) is 33.3 Å². The molecule has 5 nitrogen and oxygen atoms in total. The van der Waals surface area contributed by atoms with E-state index in [0.29, 0.717) is 30.1 Å². The fourth-order valence-electron chi connectivity index (χ4n) is 2.98. The maximum absolute atomic E-state index is 12.3. The molecule has 0 saturated carbocycles. The van der Waals surface area contributed by atoms with E-state index in [4.69, 9.17) is 14.2 Å². The molecule has 2 rings (SSSR count). The highest BCUT2D eigenvalue weighted by atomic mass is 16.5. The van der Waals surface area contributed by atoms with Gasteiger partial charge in [-0.05, 0) is 49.4 Å². The number of aryl methyl sites for hydroxylation is 2. The Morgan fingerprint density at radius 2 is 1.56 bits per heavy atom. The molecule has 0 fully saturated rings. The first-order chi connectivity index (χ1) is 13.1. The Bertz CT molecular complexity index is 705. The molecular formula is C22H29NO4. The molecule has 0 aliphatic heterocycles. The Morgan fingerprint density at radius 3 is 2.11 bits per heavy atom. The first-order valence-electron chi connectivity index (χ1n) is 9.19. The molecule has 5 heteroatoms. The van der Waals surface area contributed by atoms with Crippen molar-refractivity contribution in [3.05, 3.63) is 53.6 Å². The summed E-state index contributed by atoms with van der Waals surface area (Å²) in [5.41, 5.74) is 2.26. The van der Waals surface area contributed by atoms with Crippen molar-refractivity contribution in [2.75, 3.05) is 21.3 Å². The minimum absolute atomic E-state index is 0.0457. The second-order valence-electron chi connectivity index (χ2n) is 6.53. The predicted octanol–water partition coefficient (Wildman–Crippen LogP) is 3.78. The van der Waals surface area contributed by atoms with E-state index in [0.717, 1.165) is 18.4 Å². The third-order valence-corrected chi connectivity index (χ3v) is 4.48. The molecule has 2 aromatic rings. The monoisotopic (exact) mass is 371 g/mol. The standard InChI is InChI=1S/C22H29NO4/c1-16(10-11-17-8-6-5-7-9-17)23-21(24)13-12-18-14-19(25-2)22(27-4)20(15-18)26-3/h5-9,14-16H,10-13H2,1-4H3,(H,23,24)/t16-/m1/s1. The van der Waals surface area contributed by atoms with Crippen LogP contribution in [-0.2, 0) is 17.6 Å². The Labute approximate surface area is 161 Å². The number of nitrogens with one attached hydrogen (secondary N) is 1. The van der Waals surface area contributed by atoms with Gasteiger partial charge in [-0.3, -0.25) is 4.79 Å². The van der Waals surface area contributed by atoms with Crippen molar-refractivity contribution >= 4 is 5.91 Å². The quantitative estimate of drug-likeness (QED) is 0.690. The van der Waals surface area contributed by atoms with Gasteiger partial charge in [-0.1, -0.05) is 30.3 Å². The van der Waals surface area contributed by atoms with Crippen molar-refractivity contribution in [2.45, 2.75) is 38.6 Å². The first-order valence-corrected chi connectivity index (χ1v) is 9.19. The Morgan fingerprint density at radius 1 is 0.926 bits per heavy atom. The van der Waals surface area contributed by atoms with Crippen LogP contribution in [0.25, 0.3) is 0 Å². The van der Waals surface area contributed by atoms with Crippen LogP contribution in [0.1, 0.15) is 30.9 Å². The zero-order valence-corrected chi connectivity index (χ0v) is 16.6. The van der Waals surface area contributed by atoms with Gasteiger partial charge in [0.05, 0.1) is 21.3 Å². The largest absolute Gasteiger partial charge is 0.493 e. The summed E-state index contributed by atoms with van der Waals surface area (Å²) < 4.78 is 16.0. The van der Waals surface area contributed by atoms with E-state index in [-0.39, 0.29) is 11.9 Å². The third-order valence-electron chi connectivity index (χ3n) is 4.48. The molecule has 2 aromatic carbocycles. The highest BCUT2D eigenvalue weighted by Gasteiger charge is 2.14. The molecule has 0 aromatic heterocycles. The zero-order chi connectivity index (χ0) is 19.6. The predicted molar refractivity (Wildman–Crippen MR) is 107 cm³/mol. The number of hydrogen-bond acceptors (Lipinski definition) is 4. The molecule has 0 saturated heterocycles. The van der Waals surface area contributed by atoms with Crippen LogP contribution in [0, 0.1) is 0 Å². The lowest BCUT2D eigenvalue weighted by Gasteiger charge is -2.15. The molecule has 0 radical (unpaired) electrons. The Balaban J connectivity index is 1.85. The lowest BCUT2D eigenvalue weighted by Crippen LogP contribution is -2.33. The van der Waals surface area contributed by atoms with Crippen molar-refractivity contribution in [1.29, 1.82) is 0 Å². The molecule has 27 heavy (non-hydrogen) atoms. The first kappa shape index (κ1) is 20.6. The van der Waals surface area contributed by atoms with Gasteiger partial charge in [0.15, 0.2) is 11.5 Å². The fourth-order valence-corrected chi connectivity index (χ4v) is 2.98. The van der Waals surface area contributed by atoms with Gasteiger partial charge < -0.3 is 19.5 Å². The van der Waals surface area contributed by atoms with Crippen LogP contribution >= 0.6 is 0 Å². The van der Waals surface area contributed by atoms with Crippen LogP contribution in [0.2, 0.25) is 0 Å². The zero-order valence-electron chi connectivity index (χ0n) is 16.6. The SMILES string of the molecule is COc1cc(CCC(=O)N[C@H](C)CCc2ccccc2)cc(OC)c1OC. The van der Waals surface area contributed by atoms with Crippen LogP contribution in [0.3, 0.4) is 0 Å². The average molecular weight is 371 g/mol. The topological polar surface area (TPSA) is 56.8 Å². The summed E-state index contributed by atoms with van der Waals surface area (Å²) in [7, 11) is 4.74. The van der Waals surface area contributed by atoms with Crippen LogP contribution in [0.5, 0.6) is 17.2 Å². The van der Waals surface area contributed by atoms with E-state index in [1.54, 1.807) is 21.3 Å². The van der Waals surface area contributed by atoms with Gasteiger partial charge in [-0.2, -0.15) is 0 Å². The number of ether oxygens (including phenoxy) is 3. The van der Waals surface area contributed by atoms with Crippen molar-refractivity contribution in [3.8, 4) is 17.2 Å². The summed E-state index contributed by atoms with van der Waals surface area (Å²) in [6, 6.07) is 14.2. The summed E-state index contributed by atoms with van der Waals surface area (Å²) >= 11 is 0. The minimum atomic E-state index is 0.0457. The summed E-state index contributed by atoms with van der Waals surface area (Å²) in [6.07, 6.45) is 2.89. The van der Waals surface area contributed by atoms with E-state index in [2.05, 4.69) is 17.4 Å². The number of carbonyl (C=O) groups excluding carboxylic acids is 1. The number of rotatable bonds is 10. The molecule has 1 atom stereocenters. The van der Waals surface area contributed by atoms with Gasteiger partial charge in [0.25, 0.3) is 0 Å². The molecule has 0 unspecified atom stereocenters. The van der Waals surface area contributed by atoms with Gasteiger partial charge in [-0.25, -0.2) is 0 Å². The molecule has 0 aliphatic carbocycles. The summed E-state index contributed by atoms with van der Waals surface area (Å²) in [4.78, 5) is 12.3. The third kappa shape index (κ3) is 6.20. The van der Waals surface area contributed by atoms with Crippen LogP contribution in [0.4, 0.5) is 0 Å². The maximum atomic E-state index is 12.3. The van der Waals surface area contributed by atoms with Crippen molar-refractivity contribution in [3.63, 3.8) is 0 Å². The van der Waals surface area contributed by atoms with Crippen LogP contribution < -0.4 is 19.5 Å². The molecule has 0 aliphatic rings. The number of carbonyl (C=O) groups is 1. The van der Waals surface area contributed by atoms with Gasteiger partial charge in [0.2, 0.25) is 11.7 Å². The maximum Gasteiger partial charge on any atom is 0.220 e. The number of methoxy groups -OCH3 is 3. The number of benzene rings is 2. The van der Waals surface area contributed by atoms with E-state index in [1.165, 1.54) is 5.56 Å². The molecule has 0 bridgehead atoms. The van der Waals surface area contributed by atoms with E-state index >= 15 is 0 Å². The smallest absolute Gasteiger partial charge is 0.220 e. The fraction of sp³-hybridized carbons (Fsp3) is 0.409. The molecule has 0 heterocycles. The lowest BCUT2D eigenvalue weighted by atomic mass is 10.1. The Hall–Kier alpha value is -2.69. The van der Waals surface area contributed by atoms with Gasteiger partial charge in [0.1, 0.15) is 0 Å². The van der Waals surface area contributed by atoms with E-state index in [9.17, 15) is 4.79 Å². The van der Waals surface area contributed by atoms with Gasteiger partial charge in [0, 0.05) is 12.5 Å². The molecule has 146 valence electrons. The molecular weight excluding hydrogens is 342 g/mol. The normalized spacial score (nSPS) is 11.6. The molecule has 1 amide bonds. The molecule has 1 N–H and O–H groups in total. The highest BCUT2D eigenvalue weighted by Crippen LogP contribution is 2.38. The van der Waals surface area contributed by atoms with Gasteiger partial charge in [-0.15, -0.1) is 0 Å². The lowest BCUT2D eigenvalue weighted by molar-refractivity contribution is -0.121. The van der Waals surface area contributed by atoms with Crippen LogP contribution in [0.15, 0.2) is 42.5 Å². The number of amides is 1. The second-order valence-corrected chi connectivity index (χ2v) is 6.53. The van der Waals surface area contributed by atoms with Crippen molar-refractivity contribution < 1.29 is 19.0 Å². The number of hydrogen-bond donors (Lipinski definition) is 1. The Kier molecular flexibility index (Phi) is 7.99. The van der Waals surface area contributed by atoms with Gasteiger partial charge >= 0.3 is 0 Å². The average Bonchev–Trinajstić information content (AvgIpc) is 2.70. The summed E-state index contributed by atoms with van der Waals surface area (Å²) in [6.45, 7) is 2.04. The summed E-state index contributed by atoms with van der Waals surface area (Å²) in [5.74, 6) is 1.80. The second kappa shape index (κ2) is 10.5. The highest BCUT2D eigenvalue weighted by molar-refractivity contribution is 5.76. The minimum Gasteiger partial charge on any atom is -0.493 e. The molecule has 0 spiro atoms. The van der Waals surface area contributed by atoms with E-state index < -0.39 is 0 Å². The van der Waals surface area contributed by atoms with Crippen molar-refractivity contribution in [1.82, 2.24) is 5.32 Å². The van der Waals surface area contributed by atoms with Crippen molar-refractivity contribution in [2.24, 2.45) is 0 Å².